The summed E-state index contributed by atoms with van der Waals surface area (Å²) < 4.78 is 11.4. The van der Waals surface area contributed by atoms with Gasteiger partial charge < -0.3 is 24.8 Å². The van der Waals surface area contributed by atoms with E-state index in [-0.39, 0.29) is 31.1 Å². The Morgan fingerprint density at radius 2 is 1.68 bits per heavy atom. The number of aliphatic carboxylic acids is 1. The van der Waals surface area contributed by atoms with E-state index < -0.39 is 24.2 Å². The van der Waals surface area contributed by atoms with Gasteiger partial charge in [0.2, 0.25) is 0 Å². The molecule has 3 aliphatic rings. The fourth-order valence-corrected chi connectivity index (χ4v) is 5.36. The Bertz CT molecular complexity index is 1060. The molecule has 0 aromatic heterocycles. The lowest BCUT2D eigenvalue weighted by Crippen LogP contribution is -2.45. The van der Waals surface area contributed by atoms with Crippen LogP contribution in [-0.2, 0) is 19.1 Å². The Morgan fingerprint density at radius 3 is 2.35 bits per heavy atom. The molecule has 2 aromatic carbocycles. The SMILES string of the molecule is O=C(NCC1CCC(C(=O)N2CCC[C@H]2C(=O)O)O1)OCC1c2ccccc2-c2ccccc21. The van der Waals surface area contributed by atoms with Gasteiger partial charge in [-0.05, 0) is 47.9 Å². The van der Waals surface area contributed by atoms with Crippen molar-refractivity contribution in [3.63, 3.8) is 0 Å². The lowest BCUT2D eigenvalue weighted by molar-refractivity contribution is -0.153. The number of fused-ring (bicyclic) bond motifs is 3. The molecule has 1 aliphatic carbocycles. The molecule has 8 nitrogen and oxygen atoms in total. The van der Waals surface area contributed by atoms with Crippen molar-refractivity contribution in [3.8, 4) is 11.1 Å². The highest BCUT2D eigenvalue weighted by Gasteiger charge is 2.40. The topological polar surface area (TPSA) is 105 Å². The molecule has 178 valence electrons. The number of rotatable bonds is 6. The molecule has 2 N–H and O–H groups in total. The quantitative estimate of drug-likeness (QED) is 0.681. The Kier molecular flexibility index (Phi) is 6.24. The molecule has 0 radical (unpaired) electrons. The van der Waals surface area contributed by atoms with E-state index in [0.29, 0.717) is 32.2 Å². The first-order valence-electron chi connectivity index (χ1n) is 11.8. The van der Waals surface area contributed by atoms with Crippen LogP contribution in [0.1, 0.15) is 42.7 Å². The van der Waals surface area contributed by atoms with Gasteiger partial charge in [0, 0.05) is 19.0 Å². The molecule has 2 heterocycles. The van der Waals surface area contributed by atoms with Crippen molar-refractivity contribution in [1.29, 1.82) is 0 Å². The minimum absolute atomic E-state index is 0.00877. The molecule has 2 amide bonds. The molecule has 2 unspecified atom stereocenters. The van der Waals surface area contributed by atoms with Crippen LogP contribution in [0.4, 0.5) is 4.79 Å². The second kappa shape index (κ2) is 9.46. The van der Waals surface area contributed by atoms with Crippen LogP contribution in [0, 0.1) is 0 Å². The van der Waals surface area contributed by atoms with E-state index in [9.17, 15) is 19.5 Å². The lowest BCUT2D eigenvalue weighted by Gasteiger charge is -2.24. The average Bonchev–Trinajstić information content (AvgIpc) is 3.59. The summed E-state index contributed by atoms with van der Waals surface area (Å²) in [5.74, 6) is -1.25. The fourth-order valence-electron chi connectivity index (χ4n) is 5.36. The van der Waals surface area contributed by atoms with Gasteiger partial charge in [0.15, 0.2) is 0 Å². The molecule has 0 saturated carbocycles. The van der Waals surface area contributed by atoms with Gasteiger partial charge in [-0.3, -0.25) is 4.79 Å². The summed E-state index contributed by atoms with van der Waals surface area (Å²) in [7, 11) is 0. The molecule has 2 aliphatic heterocycles. The number of ether oxygens (including phenoxy) is 2. The number of hydrogen-bond acceptors (Lipinski definition) is 5. The Morgan fingerprint density at radius 1 is 1.00 bits per heavy atom. The van der Waals surface area contributed by atoms with Crippen molar-refractivity contribution >= 4 is 18.0 Å². The number of amides is 2. The van der Waals surface area contributed by atoms with Gasteiger partial charge in [-0.15, -0.1) is 0 Å². The Balaban J connectivity index is 1.11. The van der Waals surface area contributed by atoms with Crippen molar-refractivity contribution in [2.75, 3.05) is 19.7 Å². The molecule has 34 heavy (non-hydrogen) atoms. The molecule has 3 atom stereocenters. The molecular weight excluding hydrogens is 436 g/mol. The molecule has 2 fully saturated rings. The third kappa shape index (κ3) is 4.25. The van der Waals surface area contributed by atoms with Crippen LogP contribution in [0.15, 0.2) is 48.5 Å². The second-order valence-electron chi connectivity index (χ2n) is 9.06. The second-order valence-corrected chi connectivity index (χ2v) is 9.06. The number of carbonyl (C=O) groups excluding carboxylic acids is 2. The van der Waals surface area contributed by atoms with Crippen LogP contribution in [0.2, 0.25) is 0 Å². The zero-order valence-corrected chi connectivity index (χ0v) is 18.8. The summed E-state index contributed by atoms with van der Waals surface area (Å²) in [4.78, 5) is 37.9. The number of carboxylic acid groups (broad SMARTS) is 1. The zero-order valence-electron chi connectivity index (χ0n) is 18.8. The predicted octanol–water partition coefficient (Wildman–Crippen LogP) is 3.15. The minimum Gasteiger partial charge on any atom is -0.480 e. The van der Waals surface area contributed by atoms with Gasteiger partial charge in [-0.1, -0.05) is 48.5 Å². The first-order chi connectivity index (χ1) is 16.5. The van der Waals surface area contributed by atoms with Crippen molar-refractivity contribution in [2.45, 2.75) is 49.9 Å². The molecule has 5 rings (SSSR count). The number of benzene rings is 2. The summed E-state index contributed by atoms with van der Waals surface area (Å²) in [5, 5.41) is 12.1. The van der Waals surface area contributed by atoms with E-state index in [1.54, 1.807) is 0 Å². The number of likely N-dealkylation sites (tertiary alicyclic amines) is 1. The van der Waals surface area contributed by atoms with Crippen molar-refractivity contribution in [3.05, 3.63) is 59.7 Å². The van der Waals surface area contributed by atoms with Crippen LogP contribution >= 0.6 is 0 Å². The summed E-state index contributed by atoms with van der Waals surface area (Å²) in [6.07, 6.45) is 0.799. The number of nitrogens with one attached hydrogen (secondary N) is 1. The minimum atomic E-state index is -0.975. The maximum Gasteiger partial charge on any atom is 0.407 e. The zero-order chi connectivity index (χ0) is 23.7. The number of alkyl carbamates (subject to hydrolysis) is 1. The Labute approximate surface area is 197 Å². The standard InChI is InChI=1S/C26H28N2O6/c29-24(28-13-5-10-22(28)25(30)31)23-12-11-16(34-23)14-27-26(32)33-15-21-19-8-3-1-6-17(19)18-7-2-4-9-20(18)21/h1-4,6-9,16,21-23H,5,10-15H2,(H,27,32)(H,30,31)/t16?,22-,23?/m0/s1. The molecular formula is C26H28N2O6. The number of carbonyl (C=O) groups is 3. The van der Waals surface area contributed by atoms with Gasteiger partial charge in [-0.2, -0.15) is 0 Å². The van der Waals surface area contributed by atoms with Crippen LogP contribution in [-0.4, -0.2) is 65.9 Å². The summed E-state index contributed by atoms with van der Waals surface area (Å²) >= 11 is 0. The van der Waals surface area contributed by atoms with Crippen LogP contribution in [0.25, 0.3) is 11.1 Å². The Hall–Kier alpha value is -3.39. The van der Waals surface area contributed by atoms with Crippen LogP contribution in [0.3, 0.4) is 0 Å². The van der Waals surface area contributed by atoms with E-state index in [4.69, 9.17) is 9.47 Å². The van der Waals surface area contributed by atoms with E-state index >= 15 is 0 Å². The molecule has 2 saturated heterocycles. The van der Waals surface area contributed by atoms with E-state index in [1.165, 1.54) is 16.0 Å². The third-order valence-electron chi connectivity index (χ3n) is 7.02. The predicted molar refractivity (Wildman–Crippen MR) is 123 cm³/mol. The first kappa shape index (κ1) is 22.4. The van der Waals surface area contributed by atoms with Gasteiger partial charge in [0.05, 0.1) is 6.10 Å². The molecule has 8 heteroatoms. The summed E-state index contributed by atoms with van der Waals surface area (Å²) in [5.41, 5.74) is 4.65. The highest BCUT2D eigenvalue weighted by atomic mass is 16.6. The first-order valence-corrected chi connectivity index (χ1v) is 11.8. The van der Waals surface area contributed by atoms with Crippen molar-refractivity contribution < 1.29 is 29.0 Å². The normalized spacial score (nSPS) is 23.4. The summed E-state index contributed by atoms with van der Waals surface area (Å²) in [6, 6.07) is 15.6. The fraction of sp³-hybridized carbons (Fsp3) is 0.423. The van der Waals surface area contributed by atoms with Crippen molar-refractivity contribution in [2.24, 2.45) is 0 Å². The van der Waals surface area contributed by atoms with E-state index in [2.05, 4.69) is 29.6 Å². The van der Waals surface area contributed by atoms with Crippen molar-refractivity contribution in [1.82, 2.24) is 10.2 Å². The highest BCUT2D eigenvalue weighted by molar-refractivity contribution is 5.87. The summed E-state index contributed by atoms with van der Waals surface area (Å²) in [6.45, 7) is 0.916. The smallest absolute Gasteiger partial charge is 0.407 e. The largest absolute Gasteiger partial charge is 0.480 e. The number of carboxylic acids is 1. The van der Waals surface area contributed by atoms with Gasteiger partial charge in [0.1, 0.15) is 18.8 Å². The molecule has 2 aromatic rings. The maximum atomic E-state index is 12.7. The highest BCUT2D eigenvalue weighted by Crippen LogP contribution is 2.44. The van der Waals surface area contributed by atoms with E-state index in [1.807, 2.05) is 24.3 Å². The van der Waals surface area contributed by atoms with Gasteiger partial charge >= 0.3 is 12.1 Å². The third-order valence-corrected chi connectivity index (χ3v) is 7.02. The number of hydrogen-bond donors (Lipinski definition) is 2. The number of nitrogens with zero attached hydrogens (tertiary/aromatic N) is 1. The van der Waals surface area contributed by atoms with Gasteiger partial charge in [-0.25, -0.2) is 9.59 Å². The van der Waals surface area contributed by atoms with Crippen LogP contribution in [0.5, 0.6) is 0 Å². The molecule has 0 bridgehead atoms. The van der Waals surface area contributed by atoms with Crippen LogP contribution < -0.4 is 5.32 Å². The average molecular weight is 465 g/mol. The lowest BCUT2D eigenvalue weighted by atomic mass is 9.98. The van der Waals surface area contributed by atoms with Gasteiger partial charge in [0.25, 0.3) is 5.91 Å². The maximum absolute atomic E-state index is 12.7. The molecule has 0 spiro atoms. The van der Waals surface area contributed by atoms with E-state index in [0.717, 1.165) is 11.1 Å². The monoisotopic (exact) mass is 464 g/mol.